The number of nitrogens with zero attached hydrogens (tertiary/aromatic N) is 2. The zero-order valence-corrected chi connectivity index (χ0v) is 8.73. The molecular formula is C11H9F2N3O. The molecule has 0 fully saturated rings. The molecule has 0 atom stereocenters. The number of carbonyl (C=O) groups is 1. The number of rotatable bonds is 3. The van der Waals surface area contributed by atoms with E-state index < -0.39 is 17.5 Å². The van der Waals surface area contributed by atoms with Gasteiger partial charge < -0.3 is 10.3 Å². The molecule has 2 N–H and O–H groups in total. The van der Waals surface area contributed by atoms with Crippen LogP contribution in [0.1, 0.15) is 16.1 Å². The second-order valence-electron chi connectivity index (χ2n) is 3.51. The largest absolute Gasteiger partial charge is 0.364 e. The van der Waals surface area contributed by atoms with Crippen molar-refractivity contribution in [1.82, 2.24) is 9.55 Å². The summed E-state index contributed by atoms with van der Waals surface area (Å²) in [5.41, 5.74) is 5.39. The van der Waals surface area contributed by atoms with Crippen molar-refractivity contribution in [2.45, 2.75) is 6.54 Å². The first-order chi connectivity index (χ1) is 8.08. The van der Waals surface area contributed by atoms with Gasteiger partial charge in [-0.3, -0.25) is 4.79 Å². The van der Waals surface area contributed by atoms with E-state index >= 15 is 0 Å². The van der Waals surface area contributed by atoms with Gasteiger partial charge in [-0.2, -0.15) is 0 Å². The smallest absolute Gasteiger partial charge is 0.266 e. The van der Waals surface area contributed by atoms with Gasteiger partial charge in [0.15, 0.2) is 0 Å². The standard InChI is InChI=1S/C11H9F2N3O/c12-8-1-2-9(13)7(3-8)5-16-6-15-4-10(16)11(14)17/h1-4,6H,5H2,(H2,14,17). The maximum absolute atomic E-state index is 13.4. The van der Waals surface area contributed by atoms with E-state index in [-0.39, 0.29) is 17.8 Å². The van der Waals surface area contributed by atoms with Gasteiger partial charge in [-0.25, -0.2) is 13.8 Å². The molecule has 0 saturated heterocycles. The highest BCUT2D eigenvalue weighted by atomic mass is 19.1. The second-order valence-corrected chi connectivity index (χ2v) is 3.51. The van der Waals surface area contributed by atoms with Gasteiger partial charge in [-0.15, -0.1) is 0 Å². The van der Waals surface area contributed by atoms with Gasteiger partial charge in [0.1, 0.15) is 17.3 Å². The molecule has 88 valence electrons. The molecule has 2 aromatic rings. The highest BCUT2D eigenvalue weighted by Crippen LogP contribution is 2.12. The Morgan fingerprint density at radius 1 is 1.41 bits per heavy atom. The third kappa shape index (κ3) is 2.30. The maximum Gasteiger partial charge on any atom is 0.266 e. The van der Waals surface area contributed by atoms with Crippen molar-refractivity contribution in [1.29, 1.82) is 0 Å². The molecule has 1 aromatic heterocycles. The fraction of sp³-hybridized carbons (Fsp3) is 0.0909. The molecule has 1 heterocycles. The van der Waals surface area contributed by atoms with Gasteiger partial charge in [-0.05, 0) is 18.2 Å². The molecule has 0 saturated carbocycles. The zero-order valence-electron chi connectivity index (χ0n) is 8.73. The summed E-state index contributed by atoms with van der Waals surface area (Å²) in [6.45, 7) is 0.00185. The minimum absolute atomic E-state index is 0.00185. The molecule has 0 aliphatic carbocycles. The van der Waals surface area contributed by atoms with Crippen LogP contribution in [0.25, 0.3) is 0 Å². The lowest BCUT2D eigenvalue weighted by molar-refractivity contribution is 0.0992. The molecule has 2 rings (SSSR count). The first kappa shape index (κ1) is 11.3. The number of nitrogens with two attached hydrogens (primary N) is 1. The maximum atomic E-state index is 13.4. The summed E-state index contributed by atoms with van der Waals surface area (Å²) in [6, 6.07) is 3.13. The van der Waals surface area contributed by atoms with E-state index in [0.29, 0.717) is 0 Å². The molecule has 0 unspecified atom stereocenters. The Labute approximate surface area is 95.7 Å². The number of hydrogen-bond acceptors (Lipinski definition) is 2. The summed E-state index contributed by atoms with van der Waals surface area (Å²) < 4.78 is 27.7. The van der Waals surface area contributed by atoms with Crippen molar-refractivity contribution in [3.05, 3.63) is 53.6 Å². The Bertz CT molecular complexity index is 566. The fourth-order valence-corrected chi connectivity index (χ4v) is 1.50. The minimum atomic E-state index is -0.667. The first-order valence-electron chi connectivity index (χ1n) is 4.82. The van der Waals surface area contributed by atoms with Crippen LogP contribution in [0, 0.1) is 11.6 Å². The summed E-state index contributed by atoms with van der Waals surface area (Å²) in [4.78, 5) is 14.8. The Morgan fingerprint density at radius 3 is 2.88 bits per heavy atom. The Hall–Kier alpha value is -2.24. The molecule has 0 aliphatic heterocycles. The number of aromatic nitrogens is 2. The molecule has 0 spiro atoms. The van der Waals surface area contributed by atoms with Crippen LogP contribution in [0.5, 0.6) is 0 Å². The molecule has 4 nitrogen and oxygen atoms in total. The fourth-order valence-electron chi connectivity index (χ4n) is 1.50. The van der Waals surface area contributed by atoms with E-state index in [0.717, 1.165) is 18.2 Å². The number of halogens is 2. The third-order valence-electron chi connectivity index (χ3n) is 2.31. The van der Waals surface area contributed by atoms with Gasteiger partial charge in [-0.1, -0.05) is 0 Å². The average molecular weight is 237 g/mol. The summed E-state index contributed by atoms with van der Waals surface area (Å²) in [6.07, 6.45) is 2.62. The number of benzene rings is 1. The molecule has 1 aromatic carbocycles. The molecule has 0 aliphatic rings. The van der Waals surface area contributed by atoms with Crippen LogP contribution in [0.3, 0.4) is 0 Å². The van der Waals surface area contributed by atoms with E-state index in [2.05, 4.69) is 4.98 Å². The van der Waals surface area contributed by atoms with E-state index in [1.807, 2.05) is 0 Å². The minimum Gasteiger partial charge on any atom is -0.364 e. The van der Waals surface area contributed by atoms with Crippen LogP contribution < -0.4 is 5.73 Å². The van der Waals surface area contributed by atoms with Gasteiger partial charge >= 0.3 is 0 Å². The van der Waals surface area contributed by atoms with Crippen LogP contribution in [-0.2, 0) is 6.54 Å². The van der Waals surface area contributed by atoms with Crippen LogP contribution >= 0.6 is 0 Å². The normalized spacial score (nSPS) is 10.5. The lowest BCUT2D eigenvalue weighted by atomic mass is 10.2. The van der Waals surface area contributed by atoms with Crippen molar-refractivity contribution in [3.8, 4) is 0 Å². The van der Waals surface area contributed by atoms with Gasteiger partial charge in [0.05, 0.1) is 19.1 Å². The zero-order chi connectivity index (χ0) is 12.4. The number of amides is 1. The summed E-state index contributed by atoms with van der Waals surface area (Å²) >= 11 is 0. The van der Waals surface area contributed by atoms with Crippen molar-refractivity contribution < 1.29 is 13.6 Å². The van der Waals surface area contributed by atoms with Gasteiger partial charge in [0.2, 0.25) is 0 Å². The Kier molecular flexibility index (Phi) is 2.86. The van der Waals surface area contributed by atoms with E-state index in [4.69, 9.17) is 5.73 Å². The van der Waals surface area contributed by atoms with Crippen molar-refractivity contribution >= 4 is 5.91 Å². The van der Waals surface area contributed by atoms with E-state index in [1.165, 1.54) is 17.1 Å². The molecule has 6 heteroatoms. The van der Waals surface area contributed by atoms with E-state index in [9.17, 15) is 13.6 Å². The quantitative estimate of drug-likeness (QED) is 0.874. The molecule has 0 radical (unpaired) electrons. The van der Waals surface area contributed by atoms with Crippen LogP contribution in [-0.4, -0.2) is 15.5 Å². The van der Waals surface area contributed by atoms with Crippen LogP contribution in [0.4, 0.5) is 8.78 Å². The Morgan fingerprint density at radius 2 is 2.18 bits per heavy atom. The van der Waals surface area contributed by atoms with Crippen LogP contribution in [0.2, 0.25) is 0 Å². The monoisotopic (exact) mass is 237 g/mol. The molecule has 0 bridgehead atoms. The number of hydrogen-bond donors (Lipinski definition) is 1. The number of primary amides is 1. The average Bonchev–Trinajstić information content (AvgIpc) is 2.71. The van der Waals surface area contributed by atoms with Crippen LogP contribution in [0.15, 0.2) is 30.7 Å². The van der Waals surface area contributed by atoms with Crippen molar-refractivity contribution in [3.63, 3.8) is 0 Å². The Balaban J connectivity index is 2.34. The highest BCUT2D eigenvalue weighted by molar-refractivity contribution is 5.90. The summed E-state index contributed by atoms with van der Waals surface area (Å²) in [5.74, 6) is -1.75. The predicted octanol–water partition coefficient (Wildman–Crippen LogP) is 1.31. The lowest BCUT2D eigenvalue weighted by Gasteiger charge is -2.07. The second kappa shape index (κ2) is 4.32. The highest BCUT2D eigenvalue weighted by Gasteiger charge is 2.10. The summed E-state index contributed by atoms with van der Waals surface area (Å²) in [5, 5.41) is 0. The topological polar surface area (TPSA) is 60.9 Å². The van der Waals surface area contributed by atoms with Crippen molar-refractivity contribution in [2.75, 3.05) is 0 Å². The molecule has 1 amide bonds. The van der Waals surface area contributed by atoms with Crippen molar-refractivity contribution in [2.24, 2.45) is 5.73 Å². The first-order valence-corrected chi connectivity index (χ1v) is 4.82. The van der Waals surface area contributed by atoms with E-state index in [1.54, 1.807) is 0 Å². The summed E-state index contributed by atoms with van der Waals surface area (Å²) in [7, 11) is 0. The van der Waals surface area contributed by atoms with Gasteiger partial charge in [0, 0.05) is 5.56 Å². The number of imidazole rings is 1. The van der Waals surface area contributed by atoms with Gasteiger partial charge in [0.25, 0.3) is 5.91 Å². The SMILES string of the molecule is NC(=O)c1cncn1Cc1cc(F)ccc1F. The predicted molar refractivity (Wildman–Crippen MR) is 56.2 cm³/mol. The molecule has 17 heavy (non-hydrogen) atoms. The lowest BCUT2D eigenvalue weighted by Crippen LogP contribution is -2.17. The third-order valence-corrected chi connectivity index (χ3v) is 2.31. The number of carbonyl (C=O) groups excluding carboxylic acids is 1. The molecular weight excluding hydrogens is 228 g/mol.